The first-order valence-corrected chi connectivity index (χ1v) is 7.99. The zero-order chi connectivity index (χ0) is 16.7. The summed E-state index contributed by atoms with van der Waals surface area (Å²) in [6.07, 6.45) is 6.70. The molecule has 2 aromatic rings. The number of nitrogens with zero attached hydrogens (tertiary/aromatic N) is 6. The molecule has 4 rings (SSSR count). The van der Waals surface area contributed by atoms with Crippen LogP contribution < -0.4 is 14.5 Å². The minimum Gasteiger partial charge on any atom is -0.481 e. The van der Waals surface area contributed by atoms with Crippen LogP contribution in [-0.4, -0.2) is 52.4 Å². The lowest BCUT2D eigenvalue weighted by molar-refractivity contribution is -0.117. The largest absolute Gasteiger partial charge is 0.481 e. The molecule has 0 saturated carbocycles. The second-order valence-electron chi connectivity index (χ2n) is 6.62. The molecule has 0 aromatic carbocycles. The van der Waals surface area contributed by atoms with Gasteiger partial charge in [-0.05, 0) is 6.42 Å². The third kappa shape index (κ3) is 2.47. The average molecular weight is 328 g/mol. The zero-order valence-electron chi connectivity index (χ0n) is 13.8. The van der Waals surface area contributed by atoms with E-state index in [4.69, 9.17) is 4.74 Å². The molecule has 0 bridgehead atoms. The molecule has 2 fully saturated rings. The number of ether oxygens (including phenoxy) is 1. The monoisotopic (exact) mass is 328 g/mol. The molecule has 0 unspecified atom stereocenters. The molecule has 0 N–H and O–H groups in total. The first-order valence-electron chi connectivity index (χ1n) is 7.99. The van der Waals surface area contributed by atoms with Crippen molar-refractivity contribution in [2.24, 2.45) is 12.5 Å². The van der Waals surface area contributed by atoms with Crippen molar-refractivity contribution in [3.05, 3.63) is 24.8 Å². The predicted octanol–water partition coefficient (Wildman–Crippen LogP) is 0.852. The van der Waals surface area contributed by atoms with Crippen LogP contribution >= 0.6 is 0 Å². The first-order chi connectivity index (χ1) is 11.6. The van der Waals surface area contributed by atoms with Crippen LogP contribution in [-0.2, 0) is 11.8 Å². The standard InChI is InChI=1S/C16H20N6O2/c1-20-8-12(7-19-20)22-10-16(6-15(22)23)3-4-21(9-16)13-5-14(24-2)18-11-17-13/h5,7-8,11H,3-4,6,9-10H2,1-2H3/t16-/m1/s1. The molecular formula is C16H20N6O2. The summed E-state index contributed by atoms with van der Waals surface area (Å²) in [5, 5.41) is 4.17. The molecule has 4 heterocycles. The Morgan fingerprint density at radius 3 is 2.92 bits per heavy atom. The fourth-order valence-corrected chi connectivity index (χ4v) is 3.70. The van der Waals surface area contributed by atoms with Gasteiger partial charge in [0.1, 0.15) is 12.1 Å². The Balaban J connectivity index is 1.52. The van der Waals surface area contributed by atoms with Crippen molar-refractivity contribution in [3.63, 3.8) is 0 Å². The second kappa shape index (κ2) is 5.47. The summed E-state index contributed by atoms with van der Waals surface area (Å²) >= 11 is 0. The van der Waals surface area contributed by atoms with Gasteiger partial charge in [-0.1, -0.05) is 0 Å². The molecule has 1 amide bonds. The van der Waals surface area contributed by atoms with E-state index in [0.29, 0.717) is 12.3 Å². The summed E-state index contributed by atoms with van der Waals surface area (Å²) in [6.45, 7) is 2.43. The van der Waals surface area contributed by atoms with Crippen LogP contribution in [0.5, 0.6) is 5.88 Å². The summed E-state index contributed by atoms with van der Waals surface area (Å²) in [7, 11) is 3.46. The van der Waals surface area contributed by atoms with E-state index in [2.05, 4.69) is 20.0 Å². The number of carbonyl (C=O) groups excluding carboxylic acids is 1. The van der Waals surface area contributed by atoms with Gasteiger partial charge in [0.2, 0.25) is 11.8 Å². The maximum absolute atomic E-state index is 12.5. The van der Waals surface area contributed by atoms with Crippen molar-refractivity contribution in [2.45, 2.75) is 12.8 Å². The Labute approximate surface area is 140 Å². The summed E-state index contributed by atoms with van der Waals surface area (Å²) in [5.41, 5.74) is 0.854. The number of amides is 1. The number of anilines is 2. The van der Waals surface area contributed by atoms with Gasteiger partial charge in [-0.2, -0.15) is 5.10 Å². The van der Waals surface area contributed by atoms with E-state index in [1.165, 1.54) is 6.33 Å². The summed E-state index contributed by atoms with van der Waals surface area (Å²) < 4.78 is 6.90. The highest BCUT2D eigenvalue weighted by Gasteiger charge is 2.48. The van der Waals surface area contributed by atoms with E-state index >= 15 is 0 Å². The molecule has 1 spiro atoms. The van der Waals surface area contributed by atoms with Crippen molar-refractivity contribution in [3.8, 4) is 5.88 Å². The van der Waals surface area contributed by atoms with Crippen molar-refractivity contribution >= 4 is 17.4 Å². The van der Waals surface area contributed by atoms with Crippen LogP contribution in [0.1, 0.15) is 12.8 Å². The van der Waals surface area contributed by atoms with Crippen LogP contribution in [0.4, 0.5) is 11.5 Å². The molecule has 2 saturated heterocycles. The molecule has 126 valence electrons. The van der Waals surface area contributed by atoms with Crippen LogP contribution in [0.2, 0.25) is 0 Å². The van der Waals surface area contributed by atoms with Gasteiger partial charge in [0.05, 0.1) is 19.0 Å². The molecule has 0 radical (unpaired) electrons. The SMILES string of the molecule is COc1cc(N2CC[C@@]3(CC(=O)N(c4cnn(C)c4)C3)C2)ncn1. The molecule has 24 heavy (non-hydrogen) atoms. The minimum atomic E-state index is -0.0227. The van der Waals surface area contributed by atoms with E-state index in [9.17, 15) is 4.79 Å². The van der Waals surface area contributed by atoms with Crippen molar-refractivity contribution in [1.82, 2.24) is 19.7 Å². The summed E-state index contributed by atoms with van der Waals surface area (Å²) in [6, 6.07) is 1.84. The Morgan fingerprint density at radius 2 is 2.17 bits per heavy atom. The first kappa shape index (κ1) is 14.9. The van der Waals surface area contributed by atoms with Crippen LogP contribution in [0.15, 0.2) is 24.8 Å². The molecule has 8 nitrogen and oxygen atoms in total. The molecule has 2 aliphatic rings. The van der Waals surface area contributed by atoms with Gasteiger partial charge >= 0.3 is 0 Å². The predicted molar refractivity (Wildman–Crippen MR) is 88.0 cm³/mol. The molecule has 8 heteroatoms. The maximum Gasteiger partial charge on any atom is 0.227 e. The van der Waals surface area contributed by atoms with Crippen LogP contribution in [0.3, 0.4) is 0 Å². The lowest BCUT2D eigenvalue weighted by Crippen LogP contribution is -2.31. The van der Waals surface area contributed by atoms with Crippen molar-refractivity contribution in [2.75, 3.05) is 36.5 Å². The fourth-order valence-electron chi connectivity index (χ4n) is 3.70. The Hall–Kier alpha value is -2.64. The topological polar surface area (TPSA) is 76.4 Å². The van der Waals surface area contributed by atoms with Crippen LogP contribution in [0, 0.1) is 5.41 Å². The summed E-state index contributed by atoms with van der Waals surface area (Å²) in [4.78, 5) is 25.0. The van der Waals surface area contributed by atoms with Gasteiger partial charge in [-0.25, -0.2) is 9.97 Å². The van der Waals surface area contributed by atoms with Crippen molar-refractivity contribution in [1.29, 1.82) is 0 Å². The van der Waals surface area contributed by atoms with E-state index in [1.807, 2.05) is 24.2 Å². The number of rotatable bonds is 3. The van der Waals surface area contributed by atoms with Crippen LogP contribution in [0.25, 0.3) is 0 Å². The third-order valence-corrected chi connectivity index (χ3v) is 4.92. The highest BCUT2D eigenvalue weighted by Crippen LogP contribution is 2.42. The van der Waals surface area contributed by atoms with Gasteiger partial charge in [0.15, 0.2) is 0 Å². The van der Waals surface area contributed by atoms with Crippen molar-refractivity contribution < 1.29 is 9.53 Å². The lowest BCUT2D eigenvalue weighted by atomic mass is 9.86. The fraction of sp³-hybridized carbons (Fsp3) is 0.500. The van der Waals surface area contributed by atoms with Gasteiger partial charge in [-0.3, -0.25) is 9.48 Å². The highest BCUT2D eigenvalue weighted by atomic mass is 16.5. The number of aryl methyl sites for hydroxylation is 1. The highest BCUT2D eigenvalue weighted by molar-refractivity contribution is 5.96. The van der Waals surface area contributed by atoms with E-state index in [1.54, 1.807) is 18.0 Å². The van der Waals surface area contributed by atoms with Gasteiger partial charge in [-0.15, -0.1) is 0 Å². The molecule has 0 aliphatic carbocycles. The van der Waals surface area contributed by atoms with Gasteiger partial charge in [0.25, 0.3) is 0 Å². The smallest absolute Gasteiger partial charge is 0.227 e. The molecule has 1 atom stereocenters. The summed E-state index contributed by atoms with van der Waals surface area (Å²) in [5.74, 6) is 1.58. The second-order valence-corrected chi connectivity index (χ2v) is 6.62. The number of hydrogen-bond acceptors (Lipinski definition) is 6. The quantitative estimate of drug-likeness (QED) is 0.831. The molecule has 2 aliphatic heterocycles. The zero-order valence-corrected chi connectivity index (χ0v) is 13.8. The number of carbonyl (C=O) groups is 1. The lowest BCUT2D eigenvalue weighted by Gasteiger charge is -2.24. The molecule has 2 aromatic heterocycles. The number of hydrogen-bond donors (Lipinski definition) is 0. The minimum absolute atomic E-state index is 0.0227. The number of aromatic nitrogens is 4. The average Bonchev–Trinajstić information content (AvgIpc) is 3.27. The van der Waals surface area contributed by atoms with E-state index < -0.39 is 0 Å². The maximum atomic E-state index is 12.5. The third-order valence-electron chi connectivity index (χ3n) is 4.92. The van der Waals surface area contributed by atoms with E-state index in [-0.39, 0.29) is 11.3 Å². The Morgan fingerprint density at radius 1 is 1.29 bits per heavy atom. The van der Waals surface area contributed by atoms with Gasteiger partial charge < -0.3 is 14.5 Å². The normalized spacial score (nSPS) is 23.5. The van der Waals surface area contributed by atoms with E-state index in [0.717, 1.165) is 37.6 Å². The Kier molecular flexibility index (Phi) is 3.40. The van der Waals surface area contributed by atoms with Gasteiger partial charge in [0, 0.05) is 50.8 Å². The Bertz CT molecular complexity index is 775. The molecular weight excluding hydrogens is 308 g/mol. The number of methoxy groups -OCH3 is 1.